The van der Waals surface area contributed by atoms with Gasteiger partial charge in [0.05, 0.1) is 0 Å². The summed E-state index contributed by atoms with van der Waals surface area (Å²) in [4.78, 5) is 20.9. The number of nitrogens with two attached hydrogens (primary N) is 2. The summed E-state index contributed by atoms with van der Waals surface area (Å²) in [6, 6.07) is 0. The van der Waals surface area contributed by atoms with Crippen molar-refractivity contribution in [3.63, 3.8) is 0 Å². The molecule has 6 nitrogen and oxygen atoms in total. The molecule has 0 aliphatic carbocycles. The molecular weight excluding hydrogens is 335 g/mol. The van der Waals surface area contributed by atoms with Gasteiger partial charge in [-0.1, -0.05) is 39.5 Å². The van der Waals surface area contributed by atoms with Gasteiger partial charge in [0.1, 0.15) is 4.91 Å². The van der Waals surface area contributed by atoms with Gasteiger partial charge in [0.25, 0.3) is 0 Å². The third kappa shape index (κ3) is 14.0. The molecule has 7 heteroatoms. The quantitative estimate of drug-likeness (QED) is 0.240. The number of hydrogen-bond acceptors (Lipinski definition) is 5. The zero-order chi connectivity index (χ0) is 13.8. The second-order valence-electron chi connectivity index (χ2n) is 4.50. The number of unbranched alkanes of at least 4 members (excludes halogenated alkanes) is 4. The van der Waals surface area contributed by atoms with Crippen LogP contribution in [0.1, 0.15) is 65.2 Å². The number of hydrogen-bond donors (Lipinski definition) is 2. The van der Waals surface area contributed by atoms with E-state index in [2.05, 4.69) is 13.8 Å². The minimum atomic E-state index is -0.628. The Balaban J connectivity index is 0. The summed E-state index contributed by atoms with van der Waals surface area (Å²) >= 11 is 0. The summed E-state index contributed by atoms with van der Waals surface area (Å²) in [6.45, 7) is 4.20. The van der Waals surface area contributed by atoms with Crippen molar-refractivity contribution in [1.82, 2.24) is 0 Å². The van der Waals surface area contributed by atoms with E-state index in [4.69, 9.17) is 21.1 Å². The van der Waals surface area contributed by atoms with Crippen LogP contribution in [0, 0.1) is 4.91 Å². The van der Waals surface area contributed by atoms with Crippen molar-refractivity contribution in [1.29, 1.82) is 0 Å². The molecule has 0 aromatic heterocycles. The molecule has 0 aromatic rings. The maximum absolute atomic E-state index is 11.2. The van der Waals surface area contributed by atoms with Crippen molar-refractivity contribution in [2.75, 3.05) is 0 Å². The zero-order valence-corrected chi connectivity index (χ0v) is 13.7. The first-order valence-corrected chi connectivity index (χ1v) is 6.92. The van der Waals surface area contributed by atoms with Crippen LogP contribution in [0.25, 0.3) is 0 Å². The molecule has 0 bridgehead atoms. The van der Waals surface area contributed by atoms with Gasteiger partial charge in [0.2, 0.25) is 12.5 Å². The molecule has 116 valence electrons. The Kier molecular flexibility index (Phi) is 15.7. The number of rotatable bonds is 12. The summed E-state index contributed by atoms with van der Waals surface area (Å²) in [5.41, 5.74) is 11.3. The fourth-order valence-electron chi connectivity index (χ4n) is 1.54. The Bertz CT molecular complexity index is 200. The molecule has 0 spiro atoms. The van der Waals surface area contributed by atoms with Gasteiger partial charge < -0.3 is 0 Å². The van der Waals surface area contributed by atoms with Crippen LogP contribution in [-0.4, -0.2) is 17.5 Å². The molecule has 2 unspecified atom stereocenters. The van der Waals surface area contributed by atoms with E-state index < -0.39 is 12.5 Å². The van der Waals surface area contributed by atoms with E-state index in [1.165, 1.54) is 0 Å². The van der Waals surface area contributed by atoms with Gasteiger partial charge in [0, 0.05) is 32.3 Å². The van der Waals surface area contributed by atoms with E-state index in [9.17, 15) is 4.91 Å². The summed E-state index contributed by atoms with van der Waals surface area (Å²) in [6.07, 6.45) is 6.26. The Labute approximate surface area is 128 Å². The van der Waals surface area contributed by atoms with Gasteiger partial charge in [-0.3, -0.25) is 11.5 Å². The normalized spacial score (nSPS) is 13.3. The molecule has 0 saturated carbocycles. The Morgan fingerprint density at radius 1 is 0.895 bits per heavy atom. The first kappa shape index (κ1) is 21.0. The topological polar surface area (TPSA) is 90.6 Å². The van der Waals surface area contributed by atoms with Crippen molar-refractivity contribution in [3.8, 4) is 0 Å². The Morgan fingerprint density at radius 2 is 1.26 bits per heavy atom. The largest absolute Gasteiger partial charge is 0.480 e. The fourth-order valence-corrected chi connectivity index (χ4v) is 1.54. The summed E-state index contributed by atoms with van der Waals surface area (Å²) in [7, 11) is 0. The molecular formula is C12H28N3O3Ru+. The van der Waals surface area contributed by atoms with Crippen LogP contribution >= 0.6 is 0 Å². The van der Waals surface area contributed by atoms with Crippen LogP contribution in [0.3, 0.4) is 0 Å². The molecule has 0 amide bonds. The van der Waals surface area contributed by atoms with E-state index in [0.717, 1.165) is 38.5 Å². The monoisotopic (exact) mass is 364 g/mol. The van der Waals surface area contributed by atoms with E-state index in [1.54, 1.807) is 0 Å². The predicted molar refractivity (Wildman–Crippen MR) is 70.0 cm³/mol. The average Bonchev–Trinajstić information content (AvgIpc) is 2.29. The minimum Gasteiger partial charge on any atom is -0.290 e. The molecule has 19 heavy (non-hydrogen) atoms. The van der Waals surface area contributed by atoms with E-state index in [1.807, 2.05) is 0 Å². The van der Waals surface area contributed by atoms with Crippen LogP contribution in [0.15, 0.2) is 0 Å². The Morgan fingerprint density at radius 3 is 1.58 bits per heavy atom. The van der Waals surface area contributed by atoms with Crippen molar-refractivity contribution in [3.05, 3.63) is 4.91 Å². The Hall–Kier alpha value is -0.257. The molecule has 0 saturated heterocycles. The van der Waals surface area contributed by atoms with Crippen molar-refractivity contribution in [2.45, 2.75) is 77.7 Å². The van der Waals surface area contributed by atoms with Crippen LogP contribution in [0.2, 0.25) is 0 Å². The van der Waals surface area contributed by atoms with Gasteiger partial charge in [-0.15, -0.1) is 0 Å². The van der Waals surface area contributed by atoms with Crippen LogP contribution in [-0.2, 0) is 29.2 Å². The third-order valence-electron chi connectivity index (χ3n) is 2.63. The maximum atomic E-state index is 11.2. The zero-order valence-electron chi connectivity index (χ0n) is 12.0. The summed E-state index contributed by atoms with van der Waals surface area (Å²) in [5, 5.41) is 0.0488. The molecule has 0 heterocycles. The van der Waals surface area contributed by atoms with Gasteiger partial charge in [0.15, 0.2) is 0 Å². The molecule has 0 aliphatic heterocycles. The SMILES string of the molecule is CCCCCC(N)O[N+](=O)OC(N)CCCCC.[Ru]. The maximum Gasteiger partial charge on any atom is 0.480 e. The second kappa shape index (κ2) is 14.2. The average molecular weight is 363 g/mol. The van der Waals surface area contributed by atoms with E-state index in [-0.39, 0.29) is 24.6 Å². The molecule has 0 radical (unpaired) electrons. The van der Waals surface area contributed by atoms with E-state index in [0.29, 0.717) is 12.8 Å². The van der Waals surface area contributed by atoms with Gasteiger partial charge in [-0.25, -0.2) is 0 Å². The predicted octanol–water partition coefficient (Wildman–Crippen LogP) is 2.36. The minimum absolute atomic E-state index is 0. The number of nitrogens with zero attached hydrogens (tertiary/aromatic N) is 1. The third-order valence-corrected chi connectivity index (χ3v) is 2.63. The summed E-state index contributed by atoms with van der Waals surface area (Å²) < 4.78 is 0. The standard InChI is InChI=1S/C12H28N3O3.Ru/c1-3-5-7-9-11(13)17-15(16)18-12(14)10-8-6-4-2;/h11-12H,3-10,13-14H2,1-2H3;/q+1;. The molecule has 4 N–H and O–H groups in total. The van der Waals surface area contributed by atoms with Crippen LogP contribution < -0.4 is 11.5 Å². The first-order chi connectivity index (χ1) is 8.60. The molecule has 0 aliphatic rings. The molecule has 0 fully saturated rings. The van der Waals surface area contributed by atoms with Gasteiger partial charge in [-0.2, -0.15) is 9.68 Å². The summed E-state index contributed by atoms with van der Waals surface area (Å²) in [5.74, 6) is 0. The fraction of sp³-hybridized carbons (Fsp3) is 1.00. The van der Waals surface area contributed by atoms with Crippen LogP contribution in [0.5, 0.6) is 0 Å². The second-order valence-corrected chi connectivity index (χ2v) is 4.50. The van der Waals surface area contributed by atoms with E-state index >= 15 is 0 Å². The molecule has 0 rings (SSSR count). The van der Waals surface area contributed by atoms with Crippen LogP contribution in [0.4, 0.5) is 0 Å². The van der Waals surface area contributed by atoms with Crippen molar-refractivity contribution < 1.29 is 34.2 Å². The van der Waals surface area contributed by atoms with Gasteiger partial charge in [-0.05, 0) is 12.8 Å². The van der Waals surface area contributed by atoms with Crippen molar-refractivity contribution in [2.24, 2.45) is 11.5 Å². The molecule has 2 atom stereocenters. The van der Waals surface area contributed by atoms with Crippen molar-refractivity contribution >= 4 is 0 Å². The molecule has 0 aromatic carbocycles. The van der Waals surface area contributed by atoms with Gasteiger partial charge >= 0.3 is 5.09 Å². The first-order valence-electron chi connectivity index (χ1n) is 6.92. The smallest absolute Gasteiger partial charge is 0.290 e.